The number of rotatable bonds is 9. The number of ether oxygens (including phenoxy) is 2. The number of carbonyl (C=O) groups excluding carboxylic acids is 3. The van der Waals surface area contributed by atoms with Crippen LogP contribution in [0.25, 0.3) is 5.70 Å². The van der Waals surface area contributed by atoms with Gasteiger partial charge < -0.3 is 30.9 Å². The molecule has 7 rings (SSSR count). The quantitative estimate of drug-likeness (QED) is 0.213. The molecule has 250 valence electrons. The van der Waals surface area contributed by atoms with Crippen LogP contribution in [0.4, 0.5) is 5.69 Å². The molecule has 5 saturated carbocycles. The maximum Gasteiger partial charge on any atom is 0.325 e. The summed E-state index contributed by atoms with van der Waals surface area (Å²) in [4.78, 5) is 39.6. The second-order valence-corrected chi connectivity index (χ2v) is 14.6. The van der Waals surface area contributed by atoms with Gasteiger partial charge in [0.05, 0.1) is 18.9 Å². The second kappa shape index (κ2) is 12.2. The summed E-state index contributed by atoms with van der Waals surface area (Å²) in [6.45, 7) is 10.3. The van der Waals surface area contributed by atoms with Gasteiger partial charge in [0.2, 0.25) is 0 Å². The predicted molar refractivity (Wildman–Crippen MR) is 180 cm³/mol. The van der Waals surface area contributed by atoms with E-state index in [1.165, 1.54) is 0 Å². The van der Waals surface area contributed by atoms with Crippen LogP contribution < -0.4 is 21.1 Å². The molecule has 1 spiro atoms. The van der Waals surface area contributed by atoms with Gasteiger partial charge in [-0.25, -0.2) is 0 Å². The molecule has 0 heterocycles. The fraction of sp³-hybridized carbons (Fsp3) is 0.500. The largest absolute Gasteiger partial charge is 0.497 e. The first-order valence-corrected chi connectivity index (χ1v) is 16.7. The minimum Gasteiger partial charge on any atom is -0.497 e. The van der Waals surface area contributed by atoms with E-state index in [2.05, 4.69) is 38.0 Å². The molecular formula is C38H47N3O6. The summed E-state index contributed by atoms with van der Waals surface area (Å²) < 4.78 is 11.4. The van der Waals surface area contributed by atoms with Gasteiger partial charge in [-0.15, -0.1) is 6.58 Å². The number of anilines is 1. The topological polar surface area (TPSA) is 140 Å². The van der Waals surface area contributed by atoms with Crippen molar-refractivity contribution in [2.45, 2.75) is 65.1 Å². The summed E-state index contributed by atoms with van der Waals surface area (Å²) in [6.07, 6.45) is 6.21. The molecule has 1 amide bonds. The number of fused-ring (bicyclic) bond motifs is 4. The number of ketones is 1. The van der Waals surface area contributed by atoms with Gasteiger partial charge in [-0.05, 0) is 79.3 Å². The highest BCUT2D eigenvalue weighted by molar-refractivity contribution is 6.04. The SMILES string of the molecule is C=CC1(C)CC2C3CCC4(CCC(=O)C4C3(C)C2OC(=O)CNC=C(N)c2cccc(NC(=O)c3ccc(OC)cc3)c2)C(C)C1O. The van der Waals surface area contributed by atoms with Gasteiger partial charge in [-0.3, -0.25) is 14.4 Å². The normalized spacial score (nSPS) is 35.8. The van der Waals surface area contributed by atoms with E-state index in [9.17, 15) is 19.5 Å². The van der Waals surface area contributed by atoms with Crippen LogP contribution in [0, 0.1) is 39.9 Å². The van der Waals surface area contributed by atoms with E-state index in [4.69, 9.17) is 15.2 Å². The molecule has 9 unspecified atom stereocenters. The third-order valence-electron chi connectivity index (χ3n) is 12.4. The fourth-order valence-corrected chi connectivity index (χ4v) is 9.89. The number of aliphatic hydroxyl groups is 1. The van der Waals surface area contributed by atoms with Crippen LogP contribution in [0.1, 0.15) is 68.8 Å². The lowest BCUT2D eigenvalue weighted by Crippen LogP contribution is -2.69. The molecule has 9 nitrogen and oxygen atoms in total. The third kappa shape index (κ3) is 5.32. The number of benzene rings is 2. The van der Waals surface area contributed by atoms with Crippen LogP contribution in [0.5, 0.6) is 5.75 Å². The number of esters is 1. The molecular weight excluding hydrogens is 594 g/mol. The summed E-state index contributed by atoms with van der Waals surface area (Å²) in [5, 5.41) is 17.6. The van der Waals surface area contributed by atoms with Crippen LogP contribution in [0.15, 0.2) is 67.4 Å². The number of hydrogen-bond donors (Lipinski definition) is 4. The number of carbonyl (C=O) groups is 3. The van der Waals surface area contributed by atoms with Gasteiger partial charge in [-0.2, -0.15) is 0 Å². The minimum atomic E-state index is -0.629. The van der Waals surface area contributed by atoms with Crippen LogP contribution in [-0.4, -0.2) is 48.6 Å². The van der Waals surface area contributed by atoms with E-state index < -0.39 is 29.0 Å². The number of aliphatic hydroxyl groups excluding tert-OH is 1. The Hall–Kier alpha value is -4.11. The van der Waals surface area contributed by atoms with Gasteiger partial charge >= 0.3 is 5.97 Å². The maximum atomic E-state index is 13.6. The summed E-state index contributed by atoms with van der Waals surface area (Å²) in [5.41, 5.74) is 7.16. The zero-order chi connectivity index (χ0) is 33.7. The lowest BCUT2D eigenvalue weighted by molar-refractivity contribution is -0.254. The monoisotopic (exact) mass is 641 g/mol. The van der Waals surface area contributed by atoms with Crippen LogP contribution in [0.3, 0.4) is 0 Å². The van der Waals surface area contributed by atoms with E-state index >= 15 is 0 Å². The van der Waals surface area contributed by atoms with Crippen LogP contribution >= 0.6 is 0 Å². The Morgan fingerprint density at radius 3 is 2.57 bits per heavy atom. The van der Waals surface area contributed by atoms with E-state index in [0.717, 1.165) is 19.3 Å². The highest BCUT2D eigenvalue weighted by Crippen LogP contribution is 2.74. The van der Waals surface area contributed by atoms with Crippen molar-refractivity contribution in [3.63, 3.8) is 0 Å². The summed E-state index contributed by atoms with van der Waals surface area (Å²) >= 11 is 0. The lowest BCUT2D eigenvalue weighted by atomic mass is 9.38. The molecule has 0 saturated heterocycles. The van der Waals surface area contributed by atoms with Gasteiger partial charge in [0.15, 0.2) is 0 Å². The average molecular weight is 642 g/mol. The molecule has 9 heteroatoms. The summed E-state index contributed by atoms with van der Waals surface area (Å²) in [7, 11) is 1.57. The van der Waals surface area contributed by atoms with Gasteiger partial charge in [-0.1, -0.05) is 39.0 Å². The standard InChI is InChI=1S/C38H47N3O6/c1-6-36(3)19-27-28-14-16-38(22(2)33(36)44)17-15-30(42)32(38)37(28,4)34(27)47-31(43)21-40-20-29(39)24-8-7-9-25(18-24)41-35(45)23-10-12-26(46-5)13-11-23/h6-13,18,20,22,27-28,32-34,40,44H,1,14-17,19,21,39H2,2-5H3,(H,41,45). The Morgan fingerprint density at radius 2 is 1.87 bits per heavy atom. The molecule has 4 bridgehead atoms. The smallest absolute Gasteiger partial charge is 0.325 e. The van der Waals surface area contributed by atoms with Gasteiger partial charge in [0.25, 0.3) is 5.91 Å². The Morgan fingerprint density at radius 1 is 1.13 bits per heavy atom. The molecule has 5 aliphatic rings. The molecule has 5 N–H and O–H groups in total. The summed E-state index contributed by atoms with van der Waals surface area (Å²) in [6, 6.07) is 14.0. The Kier molecular flexibility index (Phi) is 8.49. The summed E-state index contributed by atoms with van der Waals surface area (Å²) in [5.74, 6) is 0.209. The molecule has 0 radical (unpaired) electrons. The Labute approximate surface area is 277 Å². The average Bonchev–Trinajstić information content (AvgIpc) is 3.44. The number of methoxy groups -OCH3 is 1. The number of amides is 1. The highest BCUT2D eigenvalue weighted by atomic mass is 16.5. The van der Waals surface area contributed by atoms with Crippen molar-refractivity contribution in [3.05, 3.63) is 78.5 Å². The molecule has 47 heavy (non-hydrogen) atoms. The van der Waals surface area contributed by atoms with Gasteiger partial charge in [0, 0.05) is 52.1 Å². The fourth-order valence-electron chi connectivity index (χ4n) is 9.89. The molecule has 9 atom stereocenters. The molecule has 2 aromatic carbocycles. The number of nitrogens with two attached hydrogens (primary N) is 1. The van der Waals surface area contributed by atoms with Crippen molar-refractivity contribution in [3.8, 4) is 5.75 Å². The molecule has 5 fully saturated rings. The first kappa shape index (κ1) is 32.8. The Bertz CT molecular complexity index is 1600. The lowest BCUT2D eigenvalue weighted by Gasteiger charge is -2.67. The maximum absolute atomic E-state index is 13.6. The zero-order valence-corrected chi connectivity index (χ0v) is 27.8. The van der Waals surface area contributed by atoms with Crippen molar-refractivity contribution in [1.82, 2.24) is 5.32 Å². The number of nitrogens with one attached hydrogen (secondary N) is 2. The Balaban J connectivity index is 1.13. The van der Waals surface area contributed by atoms with Gasteiger partial charge in [0.1, 0.15) is 24.2 Å². The van der Waals surface area contributed by atoms with E-state index in [-0.39, 0.29) is 47.3 Å². The third-order valence-corrected chi connectivity index (χ3v) is 12.4. The second-order valence-electron chi connectivity index (χ2n) is 14.6. The first-order chi connectivity index (χ1) is 22.4. The van der Waals surface area contributed by atoms with Crippen molar-refractivity contribution < 1.29 is 29.0 Å². The van der Waals surface area contributed by atoms with E-state index in [0.29, 0.717) is 41.1 Å². The molecule has 0 aromatic heterocycles. The molecule has 2 aromatic rings. The zero-order valence-electron chi connectivity index (χ0n) is 27.8. The minimum absolute atomic E-state index is 0.0368. The van der Waals surface area contributed by atoms with Crippen LogP contribution in [-0.2, 0) is 14.3 Å². The van der Waals surface area contributed by atoms with Crippen molar-refractivity contribution in [2.75, 3.05) is 19.0 Å². The van der Waals surface area contributed by atoms with Crippen molar-refractivity contribution >= 4 is 29.0 Å². The number of Topliss-reactive ketones (excluding diaryl/α,β-unsaturated/α-hetero) is 1. The van der Waals surface area contributed by atoms with E-state index in [1.54, 1.807) is 55.8 Å². The number of hydrogen-bond acceptors (Lipinski definition) is 8. The molecule has 0 aliphatic heterocycles. The van der Waals surface area contributed by atoms with E-state index in [1.807, 2.05) is 12.1 Å². The van der Waals surface area contributed by atoms with Crippen molar-refractivity contribution in [2.24, 2.45) is 45.7 Å². The first-order valence-electron chi connectivity index (χ1n) is 16.7. The predicted octanol–water partition coefficient (Wildman–Crippen LogP) is 5.31. The molecule has 5 aliphatic carbocycles. The van der Waals surface area contributed by atoms with Crippen LogP contribution in [0.2, 0.25) is 0 Å². The highest BCUT2D eigenvalue weighted by Gasteiger charge is 2.75. The van der Waals surface area contributed by atoms with Crippen molar-refractivity contribution in [1.29, 1.82) is 0 Å².